The van der Waals surface area contributed by atoms with E-state index in [0.717, 1.165) is 36.0 Å². The van der Waals surface area contributed by atoms with Crippen molar-refractivity contribution in [2.24, 2.45) is 0 Å². The van der Waals surface area contributed by atoms with Gasteiger partial charge in [-0.3, -0.25) is 19.0 Å². The Labute approximate surface area is 135 Å². The Hall–Kier alpha value is -2.74. The maximum atomic E-state index is 14.4. The number of nitrogens with zero attached hydrogens (tertiary/aromatic N) is 3. The van der Waals surface area contributed by atoms with Crippen LogP contribution in [0, 0.1) is 5.82 Å². The van der Waals surface area contributed by atoms with Gasteiger partial charge in [-0.2, -0.15) is 5.10 Å². The Balaban J connectivity index is 1.92. The van der Waals surface area contributed by atoms with Crippen molar-refractivity contribution >= 4 is 10.9 Å². The Morgan fingerprint density at radius 2 is 1.96 bits per heavy atom. The third-order valence-corrected chi connectivity index (χ3v) is 4.42. The number of hydrogen-bond acceptors (Lipinski definition) is 4. The monoisotopic (exact) mass is 329 g/mol. The molecule has 0 radical (unpaired) electrons. The molecular formula is C16H16FN5O2. The third-order valence-electron chi connectivity index (χ3n) is 4.42. The summed E-state index contributed by atoms with van der Waals surface area (Å²) >= 11 is 0. The lowest BCUT2D eigenvalue weighted by molar-refractivity contribution is 0.351. The van der Waals surface area contributed by atoms with Crippen LogP contribution in [0.2, 0.25) is 0 Å². The summed E-state index contributed by atoms with van der Waals surface area (Å²) in [6, 6.07) is 4.44. The number of nitrogens with one attached hydrogen (secondary N) is 2. The van der Waals surface area contributed by atoms with Gasteiger partial charge >= 0.3 is 5.69 Å². The highest BCUT2D eigenvalue weighted by Crippen LogP contribution is 2.28. The minimum absolute atomic E-state index is 0.105. The molecule has 124 valence electrons. The lowest BCUT2D eigenvalue weighted by Crippen LogP contribution is -2.30. The number of piperidine rings is 1. The van der Waals surface area contributed by atoms with Gasteiger partial charge in [-0.05, 0) is 38.1 Å². The van der Waals surface area contributed by atoms with Crippen LogP contribution < -0.4 is 16.6 Å². The number of aromatic nitrogens is 4. The SMILES string of the molecule is O=c1ccn(-c2c(F)ccc3c2cnn3C2CCNCC2)c(=O)[nH]1. The van der Waals surface area contributed by atoms with E-state index in [4.69, 9.17) is 0 Å². The fourth-order valence-corrected chi connectivity index (χ4v) is 3.26. The van der Waals surface area contributed by atoms with Gasteiger partial charge in [-0.15, -0.1) is 0 Å². The van der Waals surface area contributed by atoms with Crippen LogP contribution in [0.15, 0.2) is 40.2 Å². The van der Waals surface area contributed by atoms with Crippen LogP contribution in [0.1, 0.15) is 18.9 Å². The molecule has 1 aliphatic rings. The largest absolute Gasteiger partial charge is 0.333 e. The van der Waals surface area contributed by atoms with Gasteiger partial charge in [0.25, 0.3) is 5.56 Å². The van der Waals surface area contributed by atoms with Gasteiger partial charge in [0.1, 0.15) is 5.82 Å². The van der Waals surface area contributed by atoms with Gasteiger partial charge in [0, 0.05) is 17.6 Å². The Morgan fingerprint density at radius 3 is 2.71 bits per heavy atom. The molecule has 0 saturated carbocycles. The van der Waals surface area contributed by atoms with E-state index in [9.17, 15) is 14.0 Å². The van der Waals surface area contributed by atoms with Crippen LogP contribution in [-0.2, 0) is 0 Å². The highest BCUT2D eigenvalue weighted by molar-refractivity contribution is 5.87. The predicted octanol–water partition coefficient (Wildman–Crippen LogP) is 0.939. The highest BCUT2D eigenvalue weighted by atomic mass is 19.1. The molecule has 24 heavy (non-hydrogen) atoms. The van der Waals surface area contributed by atoms with Crippen LogP contribution in [0.25, 0.3) is 16.6 Å². The molecule has 7 nitrogen and oxygen atoms in total. The van der Waals surface area contributed by atoms with Gasteiger partial charge in [0.15, 0.2) is 0 Å². The second-order valence-electron chi connectivity index (χ2n) is 5.88. The summed E-state index contributed by atoms with van der Waals surface area (Å²) in [7, 11) is 0. The molecule has 0 amide bonds. The maximum absolute atomic E-state index is 14.4. The normalized spacial score (nSPS) is 15.9. The molecule has 1 aromatic carbocycles. The molecular weight excluding hydrogens is 313 g/mol. The molecule has 4 rings (SSSR count). The molecule has 3 heterocycles. The van der Waals surface area contributed by atoms with Crippen molar-refractivity contribution < 1.29 is 4.39 Å². The topological polar surface area (TPSA) is 84.7 Å². The standard InChI is InChI=1S/C16H16FN5O2/c17-12-1-2-13-11(9-19-22(13)10-3-6-18-7-4-10)15(12)21-8-5-14(23)20-16(21)24/h1-2,5,8-10,18H,3-4,6-7H2,(H,20,23,24). The van der Waals surface area contributed by atoms with Crippen molar-refractivity contribution in [3.8, 4) is 5.69 Å². The molecule has 2 aromatic heterocycles. The Morgan fingerprint density at radius 1 is 1.17 bits per heavy atom. The van der Waals surface area contributed by atoms with E-state index in [-0.39, 0.29) is 11.7 Å². The molecule has 1 saturated heterocycles. The number of rotatable bonds is 2. The second kappa shape index (κ2) is 5.72. The molecule has 0 aliphatic carbocycles. The van der Waals surface area contributed by atoms with Gasteiger partial charge < -0.3 is 5.32 Å². The molecule has 0 atom stereocenters. The van der Waals surface area contributed by atoms with Crippen molar-refractivity contribution in [1.82, 2.24) is 24.6 Å². The summed E-state index contributed by atoms with van der Waals surface area (Å²) < 4.78 is 17.4. The number of hydrogen-bond donors (Lipinski definition) is 2. The molecule has 3 aromatic rings. The van der Waals surface area contributed by atoms with Crippen LogP contribution in [0.3, 0.4) is 0 Å². The first kappa shape index (κ1) is 14.8. The fourth-order valence-electron chi connectivity index (χ4n) is 3.26. The zero-order chi connectivity index (χ0) is 16.7. The van der Waals surface area contributed by atoms with Crippen LogP contribution in [-0.4, -0.2) is 32.4 Å². The predicted molar refractivity (Wildman–Crippen MR) is 87.0 cm³/mol. The van der Waals surface area contributed by atoms with E-state index in [1.807, 2.05) is 4.68 Å². The molecule has 0 spiro atoms. The van der Waals surface area contributed by atoms with E-state index in [1.54, 1.807) is 12.3 Å². The van der Waals surface area contributed by atoms with Crippen LogP contribution in [0.4, 0.5) is 4.39 Å². The van der Waals surface area contributed by atoms with Crippen molar-refractivity contribution in [2.45, 2.75) is 18.9 Å². The number of aromatic amines is 1. The summed E-state index contributed by atoms with van der Waals surface area (Å²) in [6.07, 6.45) is 4.75. The molecule has 0 bridgehead atoms. The first-order valence-electron chi connectivity index (χ1n) is 7.84. The smallest absolute Gasteiger partial charge is 0.317 e. The fraction of sp³-hybridized carbons (Fsp3) is 0.312. The molecule has 8 heteroatoms. The van der Waals surface area contributed by atoms with Gasteiger partial charge in [0.2, 0.25) is 0 Å². The zero-order valence-corrected chi connectivity index (χ0v) is 12.8. The number of H-pyrrole nitrogens is 1. The van der Waals surface area contributed by atoms with Crippen molar-refractivity contribution in [3.63, 3.8) is 0 Å². The second-order valence-corrected chi connectivity index (χ2v) is 5.88. The average molecular weight is 329 g/mol. The zero-order valence-electron chi connectivity index (χ0n) is 12.8. The molecule has 1 aliphatic heterocycles. The lowest BCUT2D eigenvalue weighted by atomic mass is 10.1. The Bertz CT molecular complexity index is 1010. The highest BCUT2D eigenvalue weighted by Gasteiger charge is 2.20. The quantitative estimate of drug-likeness (QED) is 0.733. The number of fused-ring (bicyclic) bond motifs is 1. The van der Waals surface area contributed by atoms with Gasteiger partial charge in [-0.25, -0.2) is 9.18 Å². The summed E-state index contributed by atoms with van der Waals surface area (Å²) in [5, 5.41) is 8.28. The first-order chi connectivity index (χ1) is 11.6. The molecule has 1 fully saturated rings. The summed E-state index contributed by atoms with van der Waals surface area (Å²) in [5.74, 6) is -0.540. The Kier molecular flexibility index (Phi) is 3.53. The van der Waals surface area contributed by atoms with Crippen molar-refractivity contribution in [1.29, 1.82) is 0 Å². The van der Waals surface area contributed by atoms with E-state index in [1.165, 1.54) is 18.3 Å². The number of benzene rings is 1. The first-order valence-corrected chi connectivity index (χ1v) is 7.84. The van der Waals surface area contributed by atoms with E-state index in [0.29, 0.717) is 5.39 Å². The van der Waals surface area contributed by atoms with Crippen molar-refractivity contribution in [3.05, 3.63) is 57.2 Å². The van der Waals surface area contributed by atoms with E-state index < -0.39 is 17.1 Å². The average Bonchev–Trinajstić information content (AvgIpc) is 3.00. The summed E-state index contributed by atoms with van der Waals surface area (Å²) in [4.78, 5) is 25.4. The summed E-state index contributed by atoms with van der Waals surface area (Å²) in [6.45, 7) is 1.83. The van der Waals surface area contributed by atoms with Crippen molar-refractivity contribution in [2.75, 3.05) is 13.1 Å². The summed E-state index contributed by atoms with van der Waals surface area (Å²) in [5.41, 5.74) is -0.317. The van der Waals surface area contributed by atoms with Gasteiger partial charge in [-0.1, -0.05) is 0 Å². The van der Waals surface area contributed by atoms with E-state index in [2.05, 4.69) is 15.4 Å². The van der Waals surface area contributed by atoms with Crippen LogP contribution >= 0.6 is 0 Å². The number of halogens is 1. The maximum Gasteiger partial charge on any atom is 0.333 e. The molecule has 0 unspecified atom stereocenters. The molecule has 2 N–H and O–H groups in total. The van der Waals surface area contributed by atoms with Gasteiger partial charge in [0.05, 0.1) is 23.4 Å². The third kappa shape index (κ3) is 2.35. The minimum atomic E-state index is -0.677. The lowest BCUT2D eigenvalue weighted by Gasteiger charge is -2.23. The minimum Gasteiger partial charge on any atom is -0.317 e. The van der Waals surface area contributed by atoms with E-state index >= 15 is 0 Å². The van der Waals surface area contributed by atoms with Crippen LogP contribution in [0.5, 0.6) is 0 Å².